The molecule has 4 atom stereocenters. The molecule has 1 rings (SSSR count). The first-order valence-electron chi connectivity index (χ1n) is 28.7. The van der Waals surface area contributed by atoms with Crippen LogP contribution in [0.2, 0.25) is 0 Å². The molecule has 0 bridgehead atoms. The van der Waals surface area contributed by atoms with Crippen LogP contribution in [0.15, 0.2) is 12.3 Å². The van der Waals surface area contributed by atoms with Crippen LogP contribution in [-0.2, 0) is 82.3 Å². The number of hydroxylamine groups is 6. The molecule has 0 aromatic carbocycles. The Morgan fingerprint density at radius 3 is 1.29 bits per heavy atom. The number of hydrogen-bond donors (Lipinski definition) is 4. The maximum absolute atomic E-state index is 14.9. The van der Waals surface area contributed by atoms with Crippen molar-refractivity contribution in [3.63, 3.8) is 0 Å². The van der Waals surface area contributed by atoms with E-state index in [1.54, 1.807) is 190 Å². The van der Waals surface area contributed by atoms with E-state index in [0.717, 1.165) is 0 Å². The van der Waals surface area contributed by atoms with Crippen LogP contribution in [0.5, 0.6) is 0 Å². The number of rotatable bonds is 25. The van der Waals surface area contributed by atoms with Gasteiger partial charge in [-0.2, -0.15) is 19.8 Å². The Kier molecular flexibility index (Phi) is 26.6. The van der Waals surface area contributed by atoms with Gasteiger partial charge in [-0.05, 0) is 217 Å². The highest BCUT2D eigenvalue weighted by atomic mass is 16.8. The number of carbonyl (C=O) groups is 8. The summed E-state index contributed by atoms with van der Waals surface area (Å²) in [6.07, 6.45) is -4.08. The zero-order valence-electron chi connectivity index (χ0n) is 55.1. The van der Waals surface area contributed by atoms with Gasteiger partial charge in [0.1, 0.15) is 40.6 Å². The molecule has 1 unspecified atom stereocenters. The van der Waals surface area contributed by atoms with Gasteiger partial charge < -0.3 is 44.3 Å². The van der Waals surface area contributed by atoms with Crippen LogP contribution in [0.4, 0.5) is 19.2 Å². The van der Waals surface area contributed by atoms with Gasteiger partial charge in [0.15, 0.2) is 18.3 Å². The molecule has 482 valence electrons. The predicted molar refractivity (Wildman–Crippen MR) is 310 cm³/mol. The number of amides is 4. The van der Waals surface area contributed by atoms with Gasteiger partial charge in [-0.3, -0.25) is 14.5 Å². The molecule has 4 amide bonds. The highest BCUT2D eigenvalue weighted by Gasteiger charge is 2.59. The zero-order chi connectivity index (χ0) is 65.7. The summed E-state index contributed by atoms with van der Waals surface area (Å²) < 4.78 is 30.0. The molecule has 1 heterocycles. The van der Waals surface area contributed by atoms with Crippen molar-refractivity contribution in [2.24, 2.45) is 0 Å². The van der Waals surface area contributed by atoms with Crippen LogP contribution in [-0.4, -0.2) is 142 Å². The molecule has 1 aromatic rings. The molecule has 4 N–H and O–H groups in total. The lowest BCUT2D eigenvalue weighted by Gasteiger charge is -2.41. The van der Waals surface area contributed by atoms with Gasteiger partial charge in [-0.1, -0.05) is 13.3 Å². The van der Waals surface area contributed by atoms with Gasteiger partial charge in [-0.15, -0.1) is 0 Å². The fourth-order valence-corrected chi connectivity index (χ4v) is 8.25. The topological polar surface area (TPSA) is 297 Å². The number of alkyl carbamates (subject to hydrolysis) is 1. The van der Waals surface area contributed by atoms with Crippen LogP contribution in [0.25, 0.3) is 0 Å². The maximum atomic E-state index is 14.9. The molecule has 1 aromatic heterocycles. The Labute approximate surface area is 498 Å². The van der Waals surface area contributed by atoms with E-state index in [4.69, 9.17) is 38.2 Å². The van der Waals surface area contributed by atoms with E-state index in [1.165, 1.54) is 0 Å². The van der Waals surface area contributed by atoms with Crippen molar-refractivity contribution in [1.29, 1.82) is 0 Å². The Hall–Kier alpha value is -6.01. The number of unbranched alkanes of at least 4 members (excludes halogenated alkanes) is 1. The van der Waals surface area contributed by atoms with Gasteiger partial charge in [0.25, 0.3) is 5.54 Å². The molecule has 0 spiro atoms. The molecule has 0 aliphatic rings. The number of aliphatic carboxylic acids is 3. The van der Waals surface area contributed by atoms with Crippen LogP contribution in [0.1, 0.15) is 235 Å². The van der Waals surface area contributed by atoms with Crippen molar-refractivity contribution < 1.29 is 96.4 Å². The Balaban J connectivity index is 4.88. The van der Waals surface area contributed by atoms with Gasteiger partial charge in [0.05, 0.1) is 16.8 Å². The van der Waals surface area contributed by atoms with Gasteiger partial charge in [0, 0.05) is 17.5 Å². The second-order valence-electron chi connectivity index (χ2n) is 28.8. The van der Waals surface area contributed by atoms with E-state index in [0.29, 0.717) is 20.8 Å². The number of nitrogens with one attached hydrogen (secondary N) is 1. The number of ether oxygens (including phenoxy) is 5. The van der Waals surface area contributed by atoms with Gasteiger partial charge in [0.2, 0.25) is 5.69 Å². The Bertz CT molecular complexity index is 2420. The third-order valence-electron chi connectivity index (χ3n) is 10.8. The van der Waals surface area contributed by atoms with Gasteiger partial charge in [-0.25, -0.2) is 38.4 Å². The standard InChI is InChI=1S/C60H103N5O19/c1-26-34-60(47(71)72,65(84-59(23,24)25)51(76)81-56(14,15)16)43-39(31-33-42(45(68)69)64(83-58(20,21)22)50(75)80-55(11,12)13)36-38(30-32-41(44(66)67)63(82-57(17,18)19)49(74)79-54(8,9)10)37-62(43)35-28-27-29-40(46(70)77-52(2,3)4)61-48(73)78-53(5,6)7/h36-37,40-42H,26-35H2,1-25H3,(H3-,61,66,67,68,69,71,72,73)/p+1/t40-,41-,42-,60?/m0/s1. The van der Waals surface area contributed by atoms with E-state index in [9.17, 15) is 53.7 Å². The number of carboxylic acids is 3. The number of aryl methyl sites for hydroxylation is 3. The lowest BCUT2D eigenvalue weighted by atomic mass is 9.83. The minimum atomic E-state index is -2.53. The minimum absolute atomic E-state index is 0.0179. The van der Waals surface area contributed by atoms with E-state index < -0.39 is 123 Å². The largest absolute Gasteiger partial charge is 0.480 e. The van der Waals surface area contributed by atoms with Crippen molar-refractivity contribution in [2.45, 2.75) is 306 Å². The normalized spacial score (nSPS) is 14.6. The van der Waals surface area contributed by atoms with Crippen LogP contribution >= 0.6 is 0 Å². The molecule has 24 heteroatoms. The fraction of sp³-hybridized carbons (Fsp3) is 0.783. The molecular weight excluding hydrogens is 1090 g/mol. The third kappa shape index (κ3) is 27.4. The summed E-state index contributed by atoms with van der Waals surface area (Å²) >= 11 is 0. The van der Waals surface area contributed by atoms with Crippen molar-refractivity contribution >= 4 is 48.3 Å². The summed E-state index contributed by atoms with van der Waals surface area (Å²) in [6.45, 7) is 40.4. The minimum Gasteiger partial charge on any atom is -0.480 e. The summed E-state index contributed by atoms with van der Waals surface area (Å²) in [5, 5.41) is 38.5. The average molecular weight is 1200 g/mol. The molecule has 0 aliphatic carbocycles. The highest BCUT2D eigenvalue weighted by Crippen LogP contribution is 2.39. The van der Waals surface area contributed by atoms with Crippen LogP contribution in [0, 0.1) is 0 Å². The summed E-state index contributed by atoms with van der Waals surface area (Å²) in [5.41, 5.74) is -11.0. The Morgan fingerprint density at radius 2 is 0.917 bits per heavy atom. The second kappa shape index (κ2) is 29.4. The van der Waals surface area contributed by atoms with E-state index in [2.05, 4.69) is 5.32 Å². The first kappa shape index (κ1) is 76.0. The lowest BCUT2D eigenvalue weighted by Crippen LogP contribution is -2.63. The predicted octanol–water partition coefficient (Wildman–Crippen LogP) is 11.1. The molecule has 0 fully saturated rings. The zero-order valence-corrected chi connectivity index (χ0v) is 55.1. The molecule has 24 nitrogen and oxygen atoms in total. The molecule has 0 radical (unpaired) electrons. The lowest BCUT2D eigenvalue weighted by molar-refractivity contribution is -0.710. The quantitative estimate of drug-likeness (QED) is 0.0232. The molecule has 0 saturated heterocycles. The number of carbonyl (C=O) groups excluding carboxylic acids is 5. The van der Waals surface area contributed by atoms with Gasteiger partial charge >= 0.3 is 48.3 Å². The molecular formula is C60H104N5O19+. The third-order valence-corrected chi connectivity index (χ3v) is 10.8. The second-order valence-corrected chi connectivity index (χ2v) is 28.8. The van der Waals surface area contributed by atoms with E-state index in [1.807, 2.05) is 0 Å². The molecule has 0 aliphatic heterocycles. The van der Waals surface area contributed by atoms with E-state index >= 15 is 0 Å². The number of nitrogens with zero attached hydrogens (tertiary/aromatic N) is 4. The first-order valence-corrected chi connectivity index (χ1v) is 28.7. The molecule has 0 saturated carbocycles. The molecule has 84 heavy (non-hydrogen) atoms. The highest BCUT2D eigenvalue weighted by molar-refractivity contribution is 5.85. The van der Waals surface area contributed by atoms with Crippen LogP contribution in [0.3, 0.4) is 0 Å². The number of esters is 1. The average Bonchev–Trinajstić information content (AvgIpc) is 0.920. The number of aromatic nitrogens is 1. The summed E-state index contributed by atoms with van der Waals surface area (Å²) in [4.78, 5) is 130. The first-order chi connectivity index (χ1) is 37.6. The van der Waals surface area contributed by atoms with Crippen molar-refractivity contribution in [1.82, 2.24) is 20.5 Å². The van der Waals surface area contributed by atoms with Crippen molar-refractivity contribution in [3.05, 3.63) is 29.1 Å². The van der Waals surface area contributed by atoms with Crippen molar-refractivity contribution in [3.8, 4) is 0 Å². The number of pyridine rings is 1. The summed E-state index contributed by atoms with van der Waals surface area (Å²) in [6, 6.07) is -3.17. The summed E-state index contributed by atoms with van der Waals surface area (Å²) in [7, 11) is 0. The monoisotopic (exact) mass is 1200 g/mol. The summed E-state index contributed by atoms with van der Waals surface area (Å²) in [5.74, 6) is -5.32. The SMILES string of the molecule is CCCC(C(=O)O)(c1c(CC[C@@H](C(=O)O)N(OC(C)(C)C)C(=O)OC(C)(C)C)cc(CC[C@@H](C(=O)O)N(OC(C)(C)C)C(=O)OC(C)(C)C)c[n+]1CCCC[C@H](NC(=O)OC(C)(C)C)C(=O)OC(C)(C)C)N(OC(C)(C)C)C(=O)OC(C)(C)C. The maximum Gasteiger partial charge on any atom is 0.436 e. The smallest absolute Gasteiger partial charge is 0.436 e. The van der Waals surface area contributed by atoms with Crippen molar-refractivity contribution in [2.75, 3.05) is 0 Å². The Morgan fingerprint density at radius 1 is 0.512 bits per heavy atom. The van der Waals surface area contributed by atoms with E-state index in [-0.39, 0.29) is 69.2 Å². The van der Waals surface area contributed by atoms with Crippen LogP contribution < -0.4 is 9.88 Å². The fourth-order valence-electron chi connectivity index (χ4n) is 8.25. The number of carboxylic acid groups (broad SMARTS) is 3. The number of hydrogen-bond acceptors (Lipinski definition) is 16.